The summed E-state index contributed by atoms with van der Waals surface area (Å²) in [7, 11) is 0. The summed E-state index contributed by atoms with van der Waals surface area (Å²) in [5.41, 5.74) is 0.721. The van der Waals surface area contributed by atoms with Gasteiger partial charge in [-0.15, -0.1) is 0 Å². The fourth-order valence-electron chi connectivity index (χ4n) is 3.05. The third-order valence-corrected chi connectivity index (χ3v) is 4.83. The van der Waals surface area contributed by atoms with Crippen LogP contribution in [0.3, 0.4) is 0 Å². The highest BCUT2D eigenvalue weighted by molar-refractivity contribution is 6.30. The zero-order valence-corrected chi connectivity index (χ0v) is 16.8. The number of rotatable bonds is 11. The van der Waals surface area contributed by atoms with Gasteiger partial charge in [0.15, 0.2) is 11.7 Å². The average molecular weight is 419 g/mol. The van der Waals surface area contributed by atoms with Crippen molar-refractivity contribution in [1.82, 2.24) is 0 Å². The normalized spacial score (nSPS) is 11.8. The molecule has 0 spiro atoms. The first-order valence-corrected chi connectivity index (χ1v) is 9.69. The predicted molar refractivity (Wildman–Crippen MR) is 109 cm³/mol. The van der Waals surface area contributed by atoms with Crippen LogP contribution in [0.1, 0.15) is 48.0 Å². The van der Waals surface area contributed by atoms with Gasteiger partial charge in [0, 0.05) is 17.4 Å². The van der Waals surface area contributed by atoms with Crippen molar-refractivity contribution < 1.29 is 29.3 Å². The van der Waals surface area contributed by atoms with E-state index in [1.165, 1.54) is 12.1 Å². The molecule has 1 atom stereocenters. The van der Waals surface area contributed by atoms with Gasteiger partial charge < -0.3 is 14.9 Å². The number of benzene rings is 2. The van der Waals surface area contributed by atoms with Gasteiger partial charge in [0.2, 0.25) is 0 Å². The van der Waals surface area contributed by atoms with Gasteiger partial charge in [0.1, 0.15) is 5.75 Å². The lowest BCUT2D eigenvalue weighted by molar-refractivity contribution is -0.155. The van der Waals surface area contributed by atoms with Crippen LogP contribution in [-0.4, -0.2) is 34.5 Å². The molecular formula is C22H23ClO6. The third kappa shape index (κ3) is 6.06. The van der Waals surface area contributed by atoms with Gasteiger partial charge in [-0.05, 0) is 36.2 Å². The lowest BCUT2D eigenvalue weighted by Gasteiger charge is -2.21. The average Bonchev–Trinajstić information content (AvgIpc) is 2.68. The maximum atomic E-state index is 13.0. The van der Waals surface area contributed by atoms with Gasteiger partial charge in [-0.2, -0.15) is 0 Å². The van der Waals surface area contributed by atoms with Crippen LogP contribution in [0.4, 0.5) is 0 Å². The van der Waals surface area contributed by atoms with Crippen molar-refractivity contribution in [1.29, 1.82) is 0 Å². The molecule has 2 aromatic carbocycles. The lowest BCUT2D eigenvalue weighted by atomic mass is 9.81. The van der Waals surface area contributed by atoms with E-state index >= 15 is 0 Å². The Balaban J connectivity index is 2.36. The molecule has 0 aromatic heterocycles. The molecule has 0 aliphatic rings. The summed E-state index contributed by atoms with van der Waals surface area (Å²) in [4.78, 5) is 36.3. The van der Waals surface area contributed by atoms with Gasteiger partial charge >= 0.3 is 11.9 Å². The number of para-hydroxylation sites is 1. The number of hydrogen-bond donors (Lipinski definition) is 2. The summed E-state index contributed by atoms with van der Waals surface area (Å²) < 4.78 is 5.69. The number of carboxylic acid groups (broad SMARTS) is 2. The molecule has 0 radical (unpaired) electrons. The zero-order chi connectivity index (χ0) is 21.4. The van der Waals surface area contributed by atoms with Gasteiger partial charge in [0.25, 0.3) is 0 Å². The Morgan fingerprint density at radius 1 is 1.00 bits per heavy atom. The Bertz CT molecular complexity index is 848. The number of halogens is 1. The molecule has 0 aliphatic carbocycles. The number of hydrogen-bond acceptors (Lipinski definition) is 4. The number of ketones is 1. The number of carbonyl (C=O) groups excluding carboxylic acids is 1. The van der Waals surface area contributed by atoms with E-state index in [9.17, 15) is 24.6 Å². The van der Waals surface area contributed by atoms with Crippen molar-refractivity contribution in [3.63, 3.8) is 0 Å². The molecule has 6 nitrogen and oxygen atoms in total. The van der Waals surface area contributed by atoms with Crippen molar-refractivity contribution in [2.24, 2.45) is 5.92 Å². The molecule has 0 saturated carbocycles. The molecule has 2 aromatic rings. The second-order valence-corrected chi connectivity index (χ2v) is 7.07. The summed E-state index contributed by atoms with van der Waals surface area (Å²) in [5.74, 6) is -5.81. The van der Waals surface area contributed by atoms with Gasteiger partial charge in [0.05, 0.1) is 12.2 Å². The smallest absolute Gasteiger partial charge is 0.318 e. The maximum absolute atomic E-state index is 13.0. The Morgan fingerprint density at radius 2 is 1.62 bits per heavy atom. The molecule has 0 saturated heterocycles. The standard InChI is InChI=1S/C22H23ClO6/c1-2-3-12-29-19-7-5-4-6-16(19)18(24)13-17(20(21(25)26)22(27)28)14-8-10-15(23)11-9-14/h4-11,17,20H,2-3,12-13H2,1H3,(H,25,26)(H,27,28). The molecular weight excluding hydrogens is 396 g/mol. The van der Waals surface area contributed by atoms with Crippen LogP contribution in [0.15, 0.2) is 48.5 Å². The Labute approximate surface area is 174 Å². The summed E-state index contributed by atoms with van der Waals surface area (Å²) in [5, 5.41) is 19.4. The first-order chi connectivity index (χ1) is 13.8. The van der Waals surface area contributed by atoms with Gasteiger partial charge in [-0.3, -0.25) is 14.4 Å². The monoisotopic (exact) mass is 418 g/mol. The highest BCUT2D eigenvalue weighted by Gasteiger charge is 2.37. The van der Waals surface area contributed by atoms with E-state index in [-0.39, 0.29) is 12.2 Å². The Morgan fingerprint density at radius 3 is 2.21 bits per heavy atom. The molecule has 2 N–H and O–H groups in total. The number of aliphatic carboxylic acids is 2. The third-order valence-electron chi connectivity index (χ3n) is 4.58. The van der Waals surface area contributed by atoms with Crippen LogP contribution in [0.5, 0.6) is 5.75 Å². The van der Waals surface area contributed by atoms with E-state index < -0.39 is 23.8 Å². The maximum Gasteiger partial charge on any atom is 0.318 e. The van der Waals surface area contributed by atoms with Crippen molar-refractivity contribution in [3.8, 4) is 5.75 Å². The van der Waals surface area contributed by atoms with E-state index in [2.05, 4.69) is 0 Å². The molecule has 0 bridgehead atoms. The topological polar surface area (TPSA) is 101 Å². The van der Waals surface area contributed by atoms with Gasteiger partial charge in [-0.1, -0.05) is 49.2 Å². The minimum Gasteiger partial charge on any atom is -0.493 e. The quantitative estimate of drug-likeness (QED) is 0.312. The van der Waals surface area contributed by atoms with Crippen LogP contribution < -0.4 is 4.74 Å². The molecule has 29 heavy (non-hydrogen) atoms. The highest BCUT2D eigenvalue weighted by atomic mass is 35.5. The van der Waals surface area contributed by atoms with E-state index in [1.807, 2.05) is 6.92 Å². The lowest BCUT2D eigenvalue weighted by Crippen LogP contribution is -2.31. The number of unbranched alkanes of at least 4 members (excludes halogenated alkanes) is 1. The van der Waals surface area contributed by atoms with Crippen molar-refractivity contribution in [3.05, 3.63) is 64.7 Å². The molecule has 0 aliphatic heterocycles. The number of carboxylic acids is 2. The predicted octanol–water partition coefficient (Wildman–Crippen LogP) is 4.66. The summed E-state index contributed by atoms with van der Waals surface area (Å²) in [6.07, 6.45) is 1.47. The zero-order valence-electron chi connectivity index (χ0n) is 16.0. The van der Waals surface area contributed by atoms with Crippen molar-refractivity contribution in [2.45, 2.75) is 32.1 Å². The first kappa shape index (κ1) is 22.4. The van der Waals surface area contributed by atoms with E-state index in [0.29, 0.717) is 28.5 Å². The van der Waals surface area contributed by atoms with Crippen LogP contribution in [0.2, 0.25) is 5.02 Å². The van der Waals surface area contributed by atoms with E-state index in [0.717, 1.165) is 12.8 Å². The Hall–Kier alpha value is -2.86. The molecule has 0 amide bonds. The SMILES string of the molecule is CCCCOc1ccccc1C(=O)CC(c1ccc(Cl)cc1)C(C(=O)O)C(=O)O. The fraction of sp³-hybridized carbons (Fsp3) is 0.318. The second-order valence-electron chi connectivity index (χ2n) is 6.64. The Kier molecular flexibility index (Phi) is 8.21. The van der Waals surface area contributed by atoms with Crippen molar-refractivity contribution >= 4 is 29.3 Å². The first-order valence-electron chi connectivity index (χ1n) is 9.31. The van der Waals surface area contributed by atoms with Crippen LogP contribution in [-0.2, 0) is 9.59 Å². The van der Waals surface area contributed by atoms with Crippen LogP contribution in [0, 0.1) is 5.92 Å². The minimum absolute atomic E-state index is 0.293. The van der Waals surface area contributed by atoms with E-state index in [1.54, 1.807) is 36.4 Å². The largest absolute Gasteiger partial charge is 0.493 e. The number of ether oxygens (including phenoxy) is 1. The second kappa shape index (κ2) is 10.6. The molecule has 1 unspecified atom stereocenters. The molecule has 7 heteroatoms. The van der Waals surface area contributed by atoms with Crippen LogP contribution >= 0.6 is 11.6 Å². The summed E-state index contributed by atoms with van der Waals surface area (Å²) in [6.45, 7) is 2.48. The van der Waals surface area contributed by atoms with Crippen LogP contribution in [0.25, 0.3) is 0 Å². The minimum atomic E-state index is -1.77. The number of carbonyl (C=O) groups is 3. The fourth-order valence-corrected chi connectivity index (χ4v) is 3.17. The van der Waals surface area contributed by atoms with E-state index in [4.69, 9.17) is 16.3 Å². The molecule has 0 heterocycles. The molecule has 154 valence electrons. The molecule has 0 fully saturated rings. The van der Waals surface area contributed by atoms with Crippen molar-refractivity contribution in [2.75, 3.05) is 6.61 Å². The highest BCUT2D eigenvalue weighted by Crippen LogP contribution is 2.33. The summed E-state index contributed by atoms with van der Waals surface area (Å²) >= 11 is 5.89. The molecule has 2 rings (SSSR count). The number of Topliss-reactive ketones (excluding diaryl/α,β-unsaturated/α-hetero) is 1. The van der Waals surface area contributed by atoms with Gasteiger partial charge in [-0.25, -0.2) is 0 Å². The summed E-state index contributed by atoms with van der Waals surface area (Å²) in [6, 6.07) is 12.9.